The standard InChI is InChI=1S/C18H25NO2.C2H6/c1-12-6-7-15-14(10-12)8-9-19(17(15)21)16(13(2)20)11-18(3,4)5;1-2/h6-7,10,16H,8-9,11H2,1-5H3;1-2H3/t16-;/m0./s1. The first-order valence-corrected chi connectivity index (χ1v) is 8.60. The average Bonchev–Trinajstić information content (AvgIpc) is 2.46. The number of aryl methyl sites for hydroxylation is 1. The third kappa shape index (κ3) is 4.92. The van der Waals surface area contributed by atoms with E-state index in [0.717, 1.165) is 17.5 Å². The number of amides is 1. The lowest BCUT2D eigenvalue weighted by atomic mass is 9.85. The number of benzene rings is 1. The number of carbonyl (C=O) groups excluding carboxylic acids is 2. The third-order valence-electron chi connectivity index (χ3n) is 4.03. The Kier molecular flexibility index (Phi) is 6.55. The van der Waals surface area contributed by atoms with Gasteiger partial charge in [0.1, 0.15) is 0 Å². The van der Waals surface area contributed by atoms with Gasteiger partial charge in [-0.15, -0.1) is 0 Å². The highest BCUT2D eigenvalue weighted by Gasteiger charge is 2.34. The molecule has 1 aromatic rings. The van der Waals surface area contributed by atoms with E-state index in [1.807, 2.05) is 32.9 Å². The number of carbonyl (C=O) groups is 2. The van der Waals surface area contributed by atoms with Crippen molar-refractivity contribution in [3.63, 3.8) is 0 Å². The molecule has 23 heavy (non-hydrogen) atoms. The molecule has 0 radical (unpaired) electrons. The maximum atomic E-state index is 12.7. The van der Waals surface area contributed by atoms with Crippen LogP contribution in [0.15, 0.2) is 18.2 Å². The van der Waals surface area contributed by atoms with Crippen molar-refractivity contribution < 1.29 is 9.59 Å². The summed E-state index contributed by atoms with van der Waals surface area (Å²) >= 11 is 0. The molecule has 0 aromatic heterocycles. The maximum absolute atomic E-state index is 12.7. The van der Waals surface area contributed by atoms with Gasteiger partial charge in [-0.1, -0.05) is 52.3 Å². The van der Waals surface area contributed by atoms with Gasteiger partial charge in [0.15, 0.2) is 5.78 Å². The quantitative estimate of drug-likeness (QED) is 0.828. The molecule has 0 bridgehead atoms. The Labute approximate surface area is 141 Å². The van der Waals surface area contributed by atoms with Crippen LogP contribution in [0.3, 0.4) is 0 Å². The summed E-state index contributed by atoms with van der Waals surface area (Å²) in [4.78, 5) is 26.5. The van der Waals surface area contributed by atoms with Gasteiger partial charge in [-0.05, 0) is 43.7 Å². The summed E-state index contributed by atoms with van der Waals surface area (Å²) in [6.07, 6.45) is 1.53. The van der Waals surface area contributed by atoms with Crippen molar-refractivity contribution >= 4 is 11.7 Å². The lowest BCUT2D eigenvalue weighted by molar-refractivity contribution is -0.122. The van der Waals surface area contributed by atoms with Crippen LogP contribution < -0.4 is 0 Å². The molecule has 2 rings (SSSR count). The topological polar surface area (TPSA) is 37.4 Å². The first kappa shape index (κ1) is 19.4. The van der Waals surface area contributed by atoms with Gasteiger partial charge in [-0.3, -0.25) is 9.59 Å². The second-order valence-corrected chi connectivity index (χ2v) is 7.30. The molecule has 0 fully saturated rings. The van der Waals surface area contributed by atoms with Crippen LogP contribution >= 0.6 is 0 Å². The van der Waals surface area contributed by atoms with Gasteiger partial charge >= 0.3 is 0 Å². The number of nitrogens with zero attached hydrogens (tertiary/aromatic N) is 1. The van der Waals surface area contributed by atoms with Crippen molar-refractivity contribution in [3.8, 4) is 0 Å². The Morgan fingerprint density at radius 3 is 2.39 bits per heavy atom. The fraction of sp³-hybridized carbons (Fsp3) is 0.600. The van der Waals surface area contributed by atoms with E-state index in [1.54, 1.807) is 11.8 Å². The summed E-state index contributed by atoms with van der Waals surface area (Å²) in [6.45, 7) is 14.6. The first-order valence-electron chi connectivity index (χ1n) is 8.60. The molecular weight excluding hydrogens is 286 g/mol. The van der Waals surface area contributed by atoms with Crippen molar-refractivity contribution in [2.75, 3.05) is 6.54 Å². The molecule has 1 aliphatic rings. The highest BCUT2D eigenvalue weighted by atomic mass is 16.2. The highest BCUT2D eigenvalue weighted by molar-refractivity contribution is 5.99. The highest BCUT2D eigenvalue weighted by Crippen LogP contribution is 2.28. The molecule has 1 aromatic carbocycles. The van der Waals surface area contributed by atoms with Crippen molar-refractivity contribution in [1.82, 2.24) is 4.90 Å². The monoisotopic (exact) mass is 317 g/mol. The lowest BCUT2D eigenvalue weighted by Gasteiger charge is -2.37. The van der Waals surface area contributed by atoms with Gasteiger partial charge in [0.2, 0.25) is 0 Å². The average molecular weight is 317 g/mol. The molecule has 0 spiro atoms. The summed E-state index contributed by atoms with van der Waals surface area (Å²) in [5, 5.41) is 0. The Balaban J connectivity index is 0.00000127. The number of ketones is 1. The number of hydrogen-bond acceptors (Lipinski definition) is 2. The molecule has 0 saturated heterocycles. The summed E-state index contributed by atoms with van der Waals surface area (Å²) in [5.74, 6) is 0.0783. The van der Waals surface area contributed by atoms with E-state index in [0.29, 0.717) is 13.0 Å². The minimum atomic E-state index is -0.313. The molecule has 1 aliphatic heterocycles. The number of Topliss-reactive ketones (excluding diaryl/α,β-unsaturated/α-hetero) is 1. The lowest BCUT2D eigenvalue weighted by Crippen LogP contribution is -2.49. The van der Waals surface area contributed by atoms with Crippen LogP contribution in [0, 0.1) is 12.3 Å². The van der Waals surface area contributed by atoms with E-state index in [4.69, 9.17) is 0 Å². The first-order chi connectivity index (χ1) is 10.7. The van der Waals surface area contributed by atoms with E-state index in [-0.39, 0.29) is 23.1 Å². The summed E-state index contributed by atoms with van der Waals surface area (Å²) in [6, 6.07) is 5.63. The number of fused-ring (bicyclic) bond motifs is 1. The Hall–Kier alpha value is -1.64. The molecular formula is C20H31NO2. The predicted octanol–water partition coefficient (Wildman–Crippen LogP) is 4.41. The summed E-state index contributed by atoms with van der Waals surface area (Å²) in [5.41, 5.74) is 3.05. The summed E-state index contributed by atoms with van der Waals surface area (Å²) in [7, 11) is 0. The molecule has 1 heterocycles. The second-order valence-electron chi connectivity index (χ2n) is 7.30. The van der Waals surface area contributed by atoms with Crippen LogP contribution in [0.2, 0.25) is 0 Å². The maximum Gasteiger partial charge on any atom is 0.254 e. The van der Waals surface area contributed by atoms with Gasteiger partial charge in [0.25, 0.3) is 5.91 Å². The molecule has 0 unspecified atom stereocenters. The van der Waals surface area contributed by atoms with Gasteiger partial charge in [0.05, 0.1) is 6.04 Å². The molecule has 0 aliphatic carbocycles. The third-order valence-corrected chi connectivity index (χ3v) is 4.03. The van der Waals surface area contributed by atoms with Crippen molar-refractivity contribution in [3.05, 3.63) is 34.9 Å². The zero-order chi connectivity index (χ0) is 17.8. The minimum Gasteiger partial charge on any atom is -0.328 e. The van der Waals surface area contributed by atoms with Gasteiger partial charge < -0.3 is 4.90 Å². The fourth-order valence-electron chi connectivity index (χ4n) is 2.99. The van der Waals surface area contributed by atoms with E-state index in [9.17, 15) is 9.59 Å². The molecule has 3 nitrogen and oxygen atoms in total. The van der Waals surface area contributed by atoms with Crippen LogP contribution in [-0.4, -0.2) is 29.2 Å². The van der Waals surface area contributed by atoms with Gasteiger partial charge in [-0.2, -0.15) is 0 Å². The molecule has 1 atom stereocenters. The second kappa shape index (κ2) is 7.76. The van der Waals surface area contributed by atoms with E-state index in [1.165, 1.54) is 5.56 Å². The van der Waals surface area contributed by atoms with E-state index < -0.39 is 0 Å². The molecule has 1 amide bonds. The van der Waals surface area contributed by atoms with Crippen molar-refractivity contribution in [2.24, 2.45) is 5.41 Å². The van der Waals surface area contributed by atoms with Crippen LogP contribution in [0.5, 0.6) is 0 Å². The van der Waals surface area contributed by atoms with Crippen LogP contribution in [0.25, 0.3) is 0 Å². The zero-order valence-electron chi connectivity index (χ0n) is 15.7. The number of rotatable bonds is 3. The Morgan fingerprint density at radius 2 is 1.87 bits per heavy atom. The van der Waals surface area contributed by atoms with Crippen LogP contribution in [0.4, 0.5) is 0 Å². The van der Waals surface area contributed by atoms with Crippen molar-refractivity contribution in [2.45, 2.75) is 67.3 Å². The molecule has 0 N–H and O–H groups in total. The summed E-state index contributed by atoms with van der Waals surface area (Å²) < 4.78 is 0. The van der Waals surface area contributed by atoms with E-state index in [2.05, 4.69) is 26.8 Å². The normalized spacial score (nSPS) is 15.4. The van der Waals surface area contributed by atoms with Gasteiger partial charge in [0, 0.05) is 12.1 Å². The number of hydrogen-bond donors (Lipinski definition) is 0. The zero-order valence-corrected chi connectivity index (χ0v) is 15.7. The Morgan fingerprint density at radius 1 is 1.26 bits per heavy atom. The van der Waals surface area contributed by atoms with E-state index >= 15 is 0 Å². The van der Waals surface area contributed by atoms with Crippen LogP contribution in [0.1, 0.15) is 69.4 Å². The SMILES string of the molecule is CC.CC(=O)[C@H](CC(C)(C)C)N1CCc2cc(C)ccc2C1=O. The molecule has 128 valence electrons. The molecule has 0 saturated carbocycles. The van der Waals surface area contributed by atoms with Crippen LogP contribution in [-0.2, 0) is 11.2 Å². The van der Waals surface area contributed by atoms with Crippen molar-refractivity contribution in [1.29, 1.82) is 0 Å². The smallest absolute Gasteiger partial charge is 0.254 e. The molecule has 3 heteroatoms. The Bertz CT molecular complexity index is 569. The minimum absolute atomic E-state index is 0.000648. The largest absolute Gasteiger partial charge is 0.328 e. The fourth-order valence-corrected chi connectivity index (χ4v) is 2.99. The van der Waals surface area contributed by atoms with Gasteiger partial charge in [-0.25, -0.2) is 0 Å². The predicted molar refractivity (Wildman–Crippen MR) is 95.8 cm³/mol.